The molecule has 0 aliphatic rings. The molecule has 0 bridgehead atoms. The monoisotopic (exact) mass is 340 g/mol. The van der Waals surface area contributed by atoms with Gasteiger partial charge in [0.05, 0.1) is 13.0 Å². The smallest absolute Gasteiger partial charge is 0.244 e. The fourth-order valence-electron chi connectivity index (χ4n) is 2.54. The molecule has 2 amide bonds. The maximum atomic E-state index is 12.5. The Bertz CT molecular complexity index is 726. The number of carbonyl (C=O) groups excluding carboxylic acids is 2. The SMILES string of the molecule is CCCN(CC(=O)Nc1ccccc1C)C(=O)Cc1ccc(O)cc1. The van der Waals surface area contributed by atoms with E-state index in [1.54, 1.807) is 29.2 Å². The molecule has 5 nitrogen and oxygen atoms in total. The van der Waals surface area contributed by atoms with Crippen LogP contribution in [0.15, 0.2) is 48.5 Å². The third-order valence-corrected chi connectivity index (χ3v) is 3.89. The fourth-order valence-corrected chi connectivity index (χ4v) is 2.54. The van der Waals surface area contributed by atoms with Gasteiger partial charge in [-0.3, -0.25) is 9.59 Å². The first kappa shape index (κ1) is 18.5. The molecule has 2 aromatic rings. The van der Waals surface area contributed by atoms with E-state index in [2.05, 4.69) is 5.32 Å². The van der Waals surface area contributed by atoms with Crippen LogP contribution in [-0.4, -0.2) is 34.9 Å². The number of rotatable bonds is 7. The number of benzene rings is 2. The quantitative estimate of drug-likeness (QED) is 0.813. The Balaban J connectivity index is 1.99. The van der Waals surface area contributed by atoms with Crippen molar-refractivity contribution in [2.75, 3.05) is 18.4 Å². The molecule has 5 heteroatoms. The number of anilines is 1. The number of amides is 2. The van der Waals surface area contributed by atoms with Crippen LogP contribution in [0.1, 0.15) is 24.5 Å². The van der Waals surface area contributed by atoms with Crippen molar-refractivity contribution in [3.8, 4) is 5.75 Å². The molecule has 0 aromatic heterocycles. The summed E-state index contributed by atoms with van der Waals surface area (Å²) >= 11 is 0. The van der Waals surface area contributed by atoms with Crippen LogP contribution < -0.4 is 5.32 Å². The molecule has 0 heterocycles. The molecule has 2 rings (SSSR count). The van der Waals surface area contributed by atoms with E-state index in [1.165, 1.54) is 0 Å². The Hall–Kier alpha value is -2.82. The first-order valence-electron chi connectivity index (χ1n) is 8.40. The molecule has 0 aliphatic heterocycles. The zero-order chi connectivity index (χ0) is 18.2. The molecule has 2 aromatic carbocycles. The number of hydrogen-bond acceptors (Lipinski definition) is 3. The Morgan fingerprint density at radius 3 is 2.40 bits per heavy atom. The van der Waals surface area contributed by atoms with E-state index in [4.69, 9.17) is 0 Å². The van der Waals surface area contributed by atoms with Gasteiger partial charge in [0.25, 0.3) is 0 Å². The molecule has 0 spiro atoms. The van der Waals surface area contributed by atoms with E-state index in [0.29, 0.717) is 6.54 Å². The van der Waals surface area contributed by atoms with E-state index in [-0.39, 0.29) is 30.5 Å². The van der Waals surface area contributed by atoms with Gasteiger partial charge in [0.15, 0.2) is 0 Å². The summed E-state index contributed by atoms with van der Waals surface area (Å²) in [5.41, 5.74) is 2.55. The molecule has 0 radical (unpaired) electrons. The van der Waals surface area contributed by atoms with Crippen molar-refractivity contribution in [3.05, 3.63) is 59.7 Å². The van der Waals surface area contributed by atoms with Crippen LogP contribution in [0.4, 0.5) is 5.69 Å². The van der Waals surface area contributed by atoms with Gasteiger partial charge in [-0.05, 0) is 42.7 Å². The molecule has 0 saturated carbocycles. The summed E-state index contributed by atoms with van der Waals surface area (Å²) in [5, 5.41) is 12.2. The summed E-state index contributed by atoms with van der Waals surface area (Å²) < 4.78 is 0. The van der Waals surface area contributed by atoms with Crippen LogP contribution in [0.2, 0.25) is 0 Å². The molecule has 0 atom stereocenters. The second-order valence-electron chi connectivity index (χ2n) is 6.02. The lowest BCUT2D eigenvalue weighted by Gasteiger charge is -2.22. The number of nitrogens with one attached hydrogen (secondary N) is 1. The topological polar surface area (TPSA) is 69.6 Å². The van der Waals surface area contributed by atoms with Crippen LogP contribution in [0.3, 0.4) is 0 Å². The molecule has 0 saturated heterocycles. The second kappa shape index (κ2) is 8.87. The van der Waals surface area contributed by atoms with E-state index in [0.717, 1.165) is 23.2 Å². The van der Waals surface area contributed by atoms with Crippen molar-refractivity contribution in [3.63, 3.8) is 0 Å². The van der Waals surface area contributed by atoms with Crippen molar-refractivity contribution >= 4 is 17.5 Å². The third-order valence-electron chi connectivity index (χ3n) is 3.89. The standard InChI is InChI=1S/C20H24N2O3/c1-3-12-22(20(25)13-16-8-10-17(23)11-9-16)14-19(24)21-18-7-5-4-6-15(18)2/h4-11,23H,3,12-14H2,1-2H3,(H,21,24). The zero-order valence-corrected chi connectivity index (χ0v) is 14.7. The van der Waals surface area contributed by atoms with Crippen molar-refractivity contribution < 1.29 is 14.7 Å². The first-order chi connectivity index (χ1) is 12.0. The van der Waals surface area contributed by atoms with Crippen molar-refractivity contribution in [2.45, 2.75) is 26.7 Å². The number of aryl methyl sites for hydroxylation is 1. The number of nitrogens with zero attached hydrogens (tertiary/aromatic N) is 1. The van der Waals surface area contributed by atoms with Gasteiger partial charge >= 0.3 is 0 Å². The number of carbonyl (C=O) groups is 2. The predicted octanol–water partition coefficient (Wildman–Crippen LogP) is 3.12. The molecular formula is C20H24N2O3. The van der Waals surface area contributed by atoms with Crippen LogP contribution in [0.25, 0.3) is 0 Å². The number of phenols is 1. The molecule has 25 heavy (non-hydrogen) atoms. The average molecular weight is 340 g/mol. The minimum atomic E-state index is -0.207. The summed E-state index contributed by atoms with van der Waals surface area (Å²) in [4.78, 5) is 26.4. The summed E-state index contributed by atoms with van der Waals surface area (Å²) in [7, 11) is 0. The minimum absolute atomic E-state index is 0.0269. The van der Waals surface area contributed by atoms with Crippen molar-refractivity contribution in [1.29, 1.82) is 0 Å². The lowest BCUT2D eigenvalue weighted by molar-refractivity contribution is -0.134. The maximum Gasteiger partial charge on any atom is 0.244 e. The summed E-state index contributed by atoms with van der Waals surface area (Å²) in [6.07, 6.45) is 0.983. The summed E-state index contributed by atoms with van der Waals surface area (Å²) in [5.74, 6) is -0.145. The Kier molecular flexibility index (Phi) is 6.57. The van der Waals surface area contributed by atoms with Crippen LogP contribution in [0.5, 0.6) is 5.75 Å². The van der Waals surface area contributed by atoms with Gasteiger partial charge in [-0.1, -0.05) is 37.3 Å². The molecular weight excluding hydrogens is 316 g/mol. The lowest BCUT2D eigenvalue weighted by atomic mass is 10.1. The highest BCUT2D eigenvalue weighted by atomic mass is 16.3. The lowest BCUT2D eigenvalue weighted by Crippen LogP contribution is -2.39. The van der Waals surface area contributed by atoms with Crippen molar-refractivity contribution in [2.24, 2.45) is 0 Å². The Morgan fingerprint density at radius 1 is 1.08 bits per heavy atom. The molecule has 2 N–H and O–H groups in total. The van der Waals surface area contributed by atoms with Gasteiger partial charge in [0, 0.05) is 12.2 Å². The number of para-hydroxylation sites is 1. The molecule has 0 unspecified atom stereocenters. The van der Waals surface area contributed by atoms with Crippen LogP contribution >= 0.6 is 0 Å². The van der Waals surface area contributed by atoms with E-state index in [1.807, 2.05) is 38.1 Å². The summed E-state index contributed by atoms with van der Waals surface area (Å²) in [6, 6.07) is 14.1. The highest BCUT2D eigenvalue weighted by molar-refractivity contribution is 5.95. The maximum absolute atomic E-state index is 12.5. The fraction of sp³-hybridized carbons (Fsp3) is 0.300. The van der Waals surface area contributed by atoms with Gasteiger partial charge < -0.3 is 15.3 Å². The van der Waals surface area contributed by atoms with Gasteiger partial charge in [-0.2, -0.15) is 0 Å². The third kappa shape index (κ3) is 5.64. The van der Waals surface area contributed by atoms with Crippen LogP contribution in [-0.2, 0) is 16.0 Å². The van der Waals surface area contributed by atoms with Crippen molar-refractivity contribution in [1.82, 2.24) is 4.90 Å². The number of aromatic hydroxyl groups is 1. The predicted molar refractivity (Wildman–Crippen MR) is 98.5 cm³/mol. The van der Waals surface area contributed by atoms with Crippen LogP contribution in [0, 0.1) is 6.92 Å². The normalized spacial score (nSPS) is 10.3. The highest BCUT2D eigenvalue weighted by Crippen LogP contribution is 2.14. The summed E-state index contributed by atoms with van der Waals surface area (Å²) in [6.45, 7) is 4.45. The van der Waals surface area contributed by atoms with E-state index < -0.39 is 0 Å². The Morgan fingerprint density at radius 2 is 1.76 bits per heavy atom. The van der Waals surface area contributed by atoms with Gasteiger partial charge in [-0.25, -0.2) is 0 Å². The van der Waals surface area contributed by atoms with E-state index >= 15 is 0 Å². The second-order valence-corrected chi connectivity index (χ2v) is 6.02. The highest BCUT2D eigenvalue weighted by Gasteiger charge is 2.17. The van der Waals surface area contributed by atoms with E-state index in [9.17, 15) is 14.7 Å². The minimum Gasteiger partial charge on any atom is -0.508 e. The number of hydrogen-bond donors (Lipinski definition) is 2. The average Bonchev–Trinajstić information content (AvgIpc) is 2.58. The number of phenolic OH excluding ortho intramolecular Hbond substituents is 1. The zero-order valence-electron chi connectivity index (χ0n) is 14.7. The first-order valence-corrected chi connectivity index (χ1v) is 8.40. The largest absolute Gasteiger partial charge is 0.508 e. The molecule has 132 valence electrons. The molecule has 0 aliphatic carbocycles. The molecule has 0 fully saturated rings. The van der Waals surface area contributed by atoms with Gasteiger partial charge in [0.2, 0.25) is 11.8 Å². The Labute approximate surface area is 148 Å². The van der Waals surface area contributed by atoms with Gasteiger partial charge in [-0.15, -0.1) is 0 Å². The van der Waals surface area contributed by atoms with Gasteiger partial charge in [0.1, 0.15) is 5.75 Å².